The summed E-state index contributed by atoms with van der Waals surface area (Å²) in [5.74, 6) is 0.296. The minimum Gasteiger partial charge on any atom is -0.488 e. The van der Waals surface area contributed by atoms with E-state index in [0.29, 0.717) is 12.0 Å². The normalized spacial score (nSPS) is 15.8. The summed E-state index contributed by atoms with van der Waals surface area (Å²) in [7, 11) is -3.89. The molecule has 1 saturated carbocycles. The van der Waals surface area contributed by atoms with Crippen molar-refractivity contribution >= 4 is 16.3 Å². The number of ether oxygens (including phenoxy) is 1. The molecule has 0 saturated heterocycles. The van der Waals surface area contributed by atoms with E-state index in [-0.39, 0.29) is 16.8 Å². The van der Waals surface area contributed by atoms with Crippen LogP contribution >= 0.6 is 0 Å². The zero-order chi connectivity index (χ0) is 11.8. The lowest BCUT2D eigenvalue weighted by Gasteiger charge is -2.07. The summed E-state index contributed by atoms with van der Waals surface area (Å²) in [4.78, 5) is 14.4. The second-order valence-corrected chi connectivity index (χ2v) is 5.02. The van der Waals surface area contributed by atoms with Gasteiger partial charge in [-0.05, 0) is 25.0 Å². The molecular formula is C9H10N2O4S. The van der Waals surface area contributed by atoms with Gasteiger partial charge in [-0.2, -0.15) is 0 Å². The standard InChI is InChI=1S/C9H10N2O4S/c10-16(13,14)9-4-3-8(7(5-12)11-9)15-6-1-2-6/h3-6H,1-2H2,(H2,10,13,14). The Hall–Kier alpha value is -1.47. The van der Waals surface area contributed by atoms with E-state index < -0.39 is 10.0 Å². The minimum atomic E-state index is -3.89. The van der Waals surface area contributed by atoms with Gasteiger partial charge in [0.15, 0.2) is 11.3 Å². The topological polar surface area (TPSA) is 99.4 Å². The van der Waals surface area contributed by atoms with Gasteiger partial charge >= 0.3 is 0 Å². The summed E-state index contributed by atoms with van der Waals surface area (Å²) in [6.07, 6.45) is 2.44. The summed E-state index contributed by atoms with van der Waals surface area (Å²) in [6.45, 7) is 0. The Kier molecular flexibility index (Phi) is 2.64. The van der Waals surface area contributed by atoms with Gasteiger partial charge in [-0.15, -0.1) is 0 Å². The first kappa shape index (κ1) is 11.0. The number of sulfonamides is 1. The molecule has 0 spiro atoms. The molecule has 0 atom stereocenters. The largest absolute Gasteiger partial charge is 0.488 e. The van der Waals surface area contributed by atoms with Crippen LogP contribution in [0.1, 0.15) is 23.3 Å². The second-order valence-electron chi connectivity index (χ2n) is 3.51. The average molecular weight is 242 g/mol. The van der Waals surface area contributed by atoms with E-state index in [1.807, 2.05) is 0 Å². The van der Waals surface area contributed by atoms with Crippen LogP contribution in [0.5, 0.6) is 5.75 Å². The van der Waals surface area contributed by atoms with Crippen LogP contribution in [0.3, 0.4) is 0 Å². The Morgan fingerprint density at radius 1 is 1.44 bits per heavy atom. The summed E-state index contributed by atoms with van der Waals surface area (Å²) >= 11 is 0. The predicted octanol–water partition coefficient (Wildman–Crippen LogP) is 0.0827. The fourth-order valence-corrected chi connectivity index (χ4v) is 1.63. The van der Waals surface area contributed by atoms with E-state index in [0.717, 1.165) is 12.8 Å². The van der Waals surface area contributed by atoms with Crippen LogP contribution in [0.25, 0.3) is 0 Å². The highest BCUT2D eigenvalue weighted by molar-refractivity contribution is 7.89. The molecule has 0 unspecified atom stereocenters. The minimum absolute atomic E-state index is 0.0431. The van der Waals surface area contributed by atoms with E-state index in [1.54, 1.807) is 0 Å². The molecule has 2 N–H and O–H groups in total. The summed E-state index contributed by atoms with van der Waals surface area (Å²) < 4.78 is 27.4. The molecule has 0 aliphatic heterocycles. The molecule has 1 heterocycles. The number of hydrogen-bond acceptors (Lipinski definition) is 5. The maximum atomic E-state index is 11.0. The Balaban J connectivity index is 2.37. The van der Waals surface area contributed by atoms with Gasteiger partial charge in [-0.1, -0.05) is 0 Å². The van der Waals surface area contributed by atoms with Crippen molar-refractivity contribution in [2.45, 2.75) is 24.0 Å². The van der Waals surface area contributed by atoms with Gasteiger partial charge in [-0.3, -0.25) is 4.79 Å². The first-order chi connectivity index (χ1) is 7.50. The quantitative estimate of drug-likeness (QED) is 0.754. The van der Waals surface area contributed by atoms with Crippen molar-refractivity contribution in [3.05, 3.63) is 17.8 Å². The Labute approximate surface area is 92.5 Å². The monoisotopic (exact) mass is 242 g/mol. The molecule has 86 valence electrons. The third-order valence-corrected chi connectivity index (χ3v) is 2.89. The maximum absolute atomic E-state index is 11.0. The van der Waals surface area contributed by atoms with Crippen LogP contribution < -0.4 is 9.88 Å². The molecule has 16 heavy (non-hydrogen) atoms. The SMILES string of the molecule is NS(=O)(=O)c1ccc(OC2CC2)c(C=O)n1. The molecule has 1 aliphatic carbocycles. The predicted molar refractivity (Wildman–Crippen MR) is 54.6 cm³/mol. The zero-order valence-corrected chi connectivity index (χ0v) is 9.11. The number of carbonyl (C=O) groups is 1. The van der Waals surface area contributed by atoms with Crippen molar-refractivity contribution in [2.75, 3.05) is 0 Å². The van der Waals surface area contributed by atoms with Crippen LogP contribution in [0.15, 0.2) is 17.2 Å². The number of aromatic nitrogens is 1. The van der Waals surface area contributed by atoms with Crippen molar-refractivity contribution in [1.82, 2.24) is 4.98 Å². The van der Waals surface area contributed by atoms with Crippen LogP contribution in [0.4, 0.5) is 0 Å². The van der Waals surface area contributed by atoms with E-state index in [4.69, 9.17) is 9.88 Å². The molecule has 0 amide bonds. The van der Waals surface area contributed by atoms with Crippen molar-refractivity contribution in [2.24, 2.45) is 5.14 Å². The molecule has 1 aromatic heterocycles. The third kappa shape index (κ3) is 2.37. The van der Waals surface area contributed by atoms with Crippen LogP contribution in [-0.2, 0) is 10.0 Å². The molecule has 0 radical (unpaired) electrons. The number of pyridine rings is 1. The molecule has 2 rings (SSSR count). The van der Waals surface area contributed by atoms with Crippen molar-refractivity contribution < 1.29 is 17.9 Å². The van der Waals surface area contributed by atoms with Gasteiger partial charge in [0.25, 0.3) is 10.0 Å². The van der Waals surface area contributed by atoms with Crippen molar-refractivity contribution in [1.29, 1.82) is 0 Å². The molecule has 0 bridgehead atoms. The molecule has 0 aromatic carbocycles. The molecule has 6 nitrogen and oxygen atoms in total. The van der Waals surface area contributed by atoms with Gasteiger partial charge in [-0.25, -0.2) is 18.5 Å². The maximum Gasteiger partial charge on any atom is 0.255 e. The first-order valence-electron chi connectivity index (χ1n) is 4.66. The number of nitrogens with two attached hydrogens (primary N) is 1. The number of primary sulfonamides is 1. The number of hydrogen-bond donors (Lipinski definition) is 1. The lowest BCUT2D eigenvalue weighted by molar-refractivity contribution is 0.111. The highest BCUT2D eigenvalue weighted by Gasteiger charge is 2.25. The zero-order valence-electron chi connectivity index (χ0n) is 8.29. The fourth-order valence-electron chi connectivity index (χ4n) is 1.15. The Morgan fingerprint density at radius 3 is 2.62 bits per heavy atom. The number of rotatable bonds is 4. The molecule has 1 aromatic rings. The second kappa shape index (κ2) is 3.84. The van der Waals surface area contributed by atoms with Gasteiger partial charge in [0.2, 0.25) is 0 Å². The number of nitrogens with zero attached hydrogens (tertiary/aromatic N) is 1. The van der Waals surface area contributed by atoms with Crippen molar-refractivity contribution in [3.63, 3.8) is 0 Å². The Morgan fingerprint density at radius 2 is 2.12 bits per heavy atom. The molecule has 1 aliphatic rings. The summed E-state index contributed by atoms with van der Waals surface area (Å²) in [5.41, 5.74) is -0.0431. The Bertz CT molecular complexity index is 522. The lowest BCUT2D eigenvalue weighted by atomic mass is 10.3. The molecular weight excluding hydrogens is 232 g/mol. The van der Waals surface area contributed by atoms with Gasteiger partial charge in [0, 0.05) is 0 Å². The smallest absolute Gasteiger partial charge is 0.255 e. The van der Waals surface area contributed by atoms with E-state index in [1.165, 1.54) is 12.1 Å². The number of carbonyl (C=O) groups excluding carboxylic acids is 1. The summed E-state index contributed by atoms with van der Waals surface area (Å²) in [5, 5.41) is 4.56. The first-order valence-corrected chi connectivity index (χ1v) is 6.21. The highest BCUT2D eigenvalue weighted by atomic mass is 32.2. The highest BCUT2D eigenvalue weighted by Crippen LogP contribution is 2.28. The third-order valence-electron chi connectivity index (χ3n) is 2.08. The molecule has 1 fully saturated rings. The van der Waals surface area contributed by atoms with Crippen molar-refractivity contribution in [3.8, 4) is 5.75 Å². The fraction of sp³-hybridized carbons (Fsp3) is 0.333. The van der Waals surface area contributed by atoms with Crippen LogP contribution in [-0.4, -0.2) is 25.8 Å². The lowest BCUT2D eigenvalue weighted by Crippen LogP contribution is -2.15. The van der Waals surface area contributed by atoms with E-state index in [2.05, 4.69) is 4.98 Å². The summed E-state index contributed by atoms with van der Waals surface area (Å²) in [6, 6.07) is 2.62. The van der Waals surface area contributed by atoms with Crippen LogP contribution in [0, 0.1) is 0 Å². The molecule has 7 heteroatoms. The van der Waals surface area contributed by atoms with E-state index >= 15 is 0 Å². The van der Waals surface area contributed by atoms with Crippen LogP contribution in [0.2, 0.25) is 0 Å². The average Bonchev–Trinajstić information content (AvgIpc) is 3.00. The van der Waals surface area contributed by atoms with E-state index in [9.17, 15) is 13.2 Å². The van der Waals surface area contributed by atoms with Gasteiger partial charge in [0.1, 0.15) is 11.4 Å². The number of aldehydes is 1. The van der Waals surface area contributed by atoms with Gasteiger partial charge < -0.3 is 4.74 Å². The van der Waals surface area contributed by atoms with Gasteiger partial charge in [0.05, 0.1) is 6.10 Å².